The van der Waals surface area contributed by atoms with Crippen molar-refractivity contribution in [3.8, 4) is 0 Å². The van der Waals surface area contributed by atoms with E-state index >= 15 is 0 Å². The maximum absolute atomic E-state index is 12.0. The number of aromatic nitrogens is 1. The monoisotopic (exact) mass is 213 g/mol. The molecule has 0 unspecified atom stereocenters. The molecule has 16 heavy (non-hydrogen) atoms. The van der Waals surface area contributed by atoms with Crippen LogP contribution in [0, 0.1) is 6.92 Å². The first-order valence-corrected chi connectivity index (χ1v) is 5.37. The van der Waals surface area contributed by atoms with Gasteiger partial charge in [-0.2, -0.15) is 0 Å². The Morgan fingerprint density at radius 1 is 1.19 bits per heavy atom. The van der Waals surface area contributed by atoms with Crippen molar-refractivity contribution in [2.24, 2.45) is 7.05 Å². The van der Waals surface area contributed by atoms with Crippen LogP contribution in [0.4, 0.5) is 0 Å². The SMILES string of the molecule is Cc1ccccc1CC(=O)c1cccn1C. The normalized spacial score (nSPS) is 10.4. The minimum Gasteiger partial charge on any atom is -0.348 e. The van der Waals surface area contributed by atoms with E-state index in [0.717, 1.165) is 11.3 Å². The predicted octanol–water partition coefficient (Wildman–Crippen LogP) is 2.76. The Morgan fingerprint density at radius 2 is 1.94 bits per heavy atom. The van der Waals surface area contributed by atoms with Gasteiger partial charge in [-0.3, -0.25) is 4.79 Å². The van der Waals surface area contributed by atoms with Gasteiger partial charge in [0.1, 0.15) is 0 Å². The van der Waals surface area contributed by atoms with Gasteiger partial charge >= 0.3 is 0 Å². The van der Waals surface area contributed by atoms with Gasteiger partial charge in [-0.15, -0.1) is 0 Å². The van der Waals surface area contributed by atoms with Crippen molar-refractivity contribution in [1.29, 1.82) is 0 Å². The Morgan fingerprint density at radius 3 is 2.56 bits per heavy atom. The Labute approximate surface area is 95.5 Å². The Kier molecular flexibility index (Phi) is 2.91. The number of ketones is 1. The topological polar surface area (TPSA) is 22.0 Å². The highest BCUT2D eigenvalue weighted by atomic mass is 16.1. The van der Waals surface area contributed by atoms with E-state index in [-0.39, 0.29) is 5.78 Å². The molecule has 2 rings (SSSR count). The molecule has 0 aliphatic rings. The molecule has 0 atom stereocenters. The summed E-state index contributed by atoms with van der Waals surface area (Å²) in [5, 5.41) is 0. The van der Waals surface area contributed by atoms with Crippen LogP contribution in [-0.4, -0.2) is 10.4 Å². The molecule has 0 saturated heterocycles. The summed E-state index contributed by atoms with van der Waals surface area (Å²) < 4.78 is 1.86. The second-order valence-electron chi connectivity index (χ2n) is 4.03. The third-order valence-electron chi connectivity index (χ3n) is 2.84. The minimum absolute atomic E-state index is 0.168. The lowest BCUT2D eigenvalue weighted by atomic mass is 10.0. The zero-order chi connectivity index (χ0) is 11.5. The summed E-state index contributed by atoms with van der Waals surface area (Å²) in [6.07, 6.45) is 2.37. The summed E-state index contributed by atoms with van der Waals surface area (Å²) in [6.45, 7) is 2.04. The summed E-state index contributed by atoms with van der Waals surface area (Å²) in [4.78, 5) is 12.0. The highest BCUT2D eigenvalue weighted by molar-refractivity contribution is 5.96. The van der Waals surface area contributed by atoms with Crippen LogP contribution in [0.5, 0.6) is 0 Å². The second-order valence-corrected chi connectivity index (χ2v) is 4.03. The van der Waals surface area contributed by atoms with E-state index in [1.165, 1.54) is 5.56 Å². The number of rotatable bonds is 3. The van der Waals surface area contributed by atoms with Gasteiger partial charge in [0.15, 0.2) is 5.78 Å². The first kappa shape index (κ1) is 10.7. The molecule has 2 nitrogen and oxygen atoms in total. The van der Waals surface area contributed by atoms with Crippen molar-refractivity contribution in [1.82, 2.24) is 4.57 Å². The van der Waals surface area contributed by atoms with E-state index in [2.05, 4.69) is 0 Å². The van der Waals surface area contributed by atoms with Gasteiger partial charge in [-0.25, -0.2) is 0 Å². The summed E-state index contributed by atoms with van der Waals surface area (Å²) in [6, 6.07) is 11.8. The van der Waals surface area contributed by atoms with E-state index in [9.17, 15) is 4.79 Å². The lowest BCUT2D eigenvalue weighted by Crippen LogP contribution is -2.09. The molecule has 0 amide bonds. The molecule has 1 aromatic heterocycles. The van der Waals surface area contributed by atoms with Crippen LogP contribution in [0.25, 0.3) is 0 Å². The average Bonchev–Trinajstić information content (AvgIpc) is 2.68. The van der Waals surface area contributed by atoms with Gasteiger partial charge < -0.3 is 4.57 Å². The first-order valence-electron chi connectivity index (χ1n) is 5.37. The van der Waals surface area contributed by atoms with Crippen LogP contribution < -0.4 is 0 Å². The molecule has 82 valence electrons. The lowest BCUT2D eigenvalue weighted by Gasteiger charge is -2.05. The molecular formula is C14H15NO. The van der Waals surface area contributed by atoms with E-state index in [4.69, 9.17) is 0 Å². The van der Waals surface area contributed by atoms with Crippen molar-refractivity contribution in [3.63, 3.8) is 0 Å². The van der Waals surface area contributed by atoms with Crippen molar-refractivity contribution in [3.05, 3.63) is 59.4 Å². The number of carbonyl (C=O) groups excluding carboxylic acids is 1. The molecule has 0 bridgehead atoms. The lowest BCUT2D eigenvalue weighted by molar-refractivity contribution is 0.0985. The number of Topliss-reactive ketones (excluding diaryl/α,β-unsaturated/α-hetero) is 1. The van der Waals surface area contributed by atoms with Gasteiger partial charge in [0.2, 0.25) is 0 Å². The maximum Gasteiger partial charge on any atom is 0.183 e. The Balaban J connectivity index is 2.21. The molecule has 0 aliphatic heterocycles. The summed E-state index contributed by atoms with van der Waals surface area (Å²) in [5.41, 5.74) is 3.04. The highest BCUT2D eigenvalue weighted by Crippen LogP contribution is 2.11. The fourth-order valence-corrected chi connectivity index (χ4v) is 1.82. The zero-order valence-corrected chi connectivity index (χ0v) is 9.60. The number of nitrogens with zero attached hydrogens (tertiary/aromatic N) is 1. The molecule has 0 radical (unpaired) electrons. The second kappa shape index (κ2) is 4.35. The average molecular weight is 213 g/mol. The minimum atomic E-state index is 0.168. The molecule has 0 fully saturated rings. The van der Waals surface area contributed by atoms with Crippen LogP contribution in [-0.2, 0) is 13.5 Å². The fourth-order valence-electron chi connectivity index (χ4n) is 1.82. The van der Waals surface area contributed by atoms with Gasteiger partial charge in [-0.05, 0) is 30.2 Å². The van der Waals surface area contributed by atoms with Crippen molar-refractivity contribution >= 4 is 5.78 Å². The maximum atomic E-state index is 12.0. The predicted molar refractivity (Wildman–Crippen MR) is 64.6 cm³/mol. The van der Waals surface area contributed by atoms with Gasteiger partial charge in [-0.1, -0.05) is 24.3 Å². The molecule has 2 heteroatoms. The molecule has 0 aliphatic carbocycles. The van der Waals surface area contributed by atoms with E-state index in [1.54, 1.807) is 0 Å². The van der Waals surface area contributed by atoms with E-state index in [0.29, 0.717) is 6.42 Å². The summed E-state index contributed by atoms with van der Waals surface area (Å²) in [7, 11) is 1.89. The number of hydrogen-bond acceptors (Lipinski definition) is 1. The standard InChI is InChI=1S/C14H15NO/c1-11-6-3-4-7-12(11)10-14(16)13-8-5-9-15(13)2/h3-9H,10H2,1-2H3. The molecule has 0 spiro atoms. The number of hydrogen-bond donors (Lipinski definition) is 0. The van der Waals surface area contributed by atoms with Gasteiger partial charge in [0.25, 0.3) is 0 Å². The Bertz CT molecular complexity index is 511. The Hall–Kier alpha value is -1.83. The number of benzene rings is 1. The largest absolute Gasteiger partial charge is 0.348 e. The van der Waals surface area contributed by atoms with Crippen LogP contribution in [0.15, 0.2) is 42.6 Å². The quantitative estimate of drug-likeness (QED) is 0.718. The van der Waals surface area contributed by atoms with E-state index in [1.807, 2.05) is 61.1 Å². The zero-order valence-electron chi connectivity index (χ0n) is 9.60. The first-order chi connectivity index (χ1) is 7.68. The van der Waals surface area contributed by atoms with Crippen molar-refractivity contribution in [2.45, 2.75) is 13.3 Å². The fraction of sp³-hybridized carbons (Fsp3) is 0.214. The smallest absolute Gasteiger partial charge is 0.183 e. The van der Waals surface area contributed by atoms with Crippen LogP contribution in [0.2, 0.25) is 0 Å². The van der Waals surface area contributed by atoms with Crippen molar-refractivity contribution < 1.29 is 4.79 Å². The third-order valence-corrected chi connectivity index (χ3v) is 2.84. The van der Waals surface area contributed by atoms with Crippen LogP contribution in [0.1, 0.15) is 21.6 Å². The number of carbonyl (C=O) groups is 1. The van der Waals surface area contributed by atoms with Gasteiger partial charge in [0.05, 0.1) is 5.69 Å². The molecule has 2 aromatic rings. The van der Waals surface area contributed by atoms with Crippen LogP contribution in [0.3, 0.4) is 0 Å². The van der Waals surface area contributed by atoms with Crippen molar-refractivity contribution in [2.75, 3.05) is 0 Å². The molecule has 0 N–H and O–H groups in total. The van der Waals surface area contributed by atoms with Gasteiger partial charge in [0, 0.05) is 19.7 Å². The highest BCUT2D eigenvalue weighted by Gasteiger charge is 2.10. The third kappa shape index (κ3) is 2.06. The molecule has 1 aromatic carbocycles. The van der Waals surface area contributed by atoms with Crippen LogP contribution >= 0.6 is 0 Å². The molecule has 1 heterocycles. The molecular weight excluding hydrogens is 198 g/mol. The van der Waals surface area contributed by atoms with E-state index < -0.39 is 0 Å². The number of aryl methyl sites for hydroxylation is 2. The summed E-state index contributed by atoms with van der Waals surface area (Å²) >= 11 is 0. The molecule has 0 saturated carbocycles. The summed E-state index contributed by atoms with van der Waals surface area (Å²) in [5.74, 6) is 0.168.